The predicted octanol–water partition coefficient (Wildman–Crippen LogP) is 2.79. The zero-order valence-electron chi connectivity index (χ0n) is 9.13. The van der Waals surface area contributed by atoms with Crippen molar-refractivity contribution in [3.8, 4) is 5.69 Å². The number of hydrogen-bond acceptors (Lipinski definition) is 2. The van der Waals surface area contributed by atoms with Gasteiger partial charge in [0.2, 0.25) is 0 Å². The van der Waals surface area contributed by atoms with Crippen LogP contribution in [0.2, 0.25) is 15.2 Å². The molecule has 1 N–H and O–H groups in total. The standard InChI is InChI=1S/C11H7Cl3N2O2/c1-5-9(14)15-11(18)16(10(5)17)8-6(12)3-2-4-7(8)13/h2-4H,1H3,(H,15,18). The largest absolute Gasteiger partial charge is 0.334 e. The van der Waals surface area contributed by atoms with Gasteiger partial charge in [-0.05, 0) is 19.1 Å². The number of aromatic amines is 1. The maximum Gasteiger partial charge on any atom is 0.334 e. The summed E-state index contributed by atoms with van der Waals surface area (Å²) in [7, 11) is 0. The van der Waals surface area contributed by atoms with Gasteiger partial charge >= 0.3 is 5.69 Å². The summed E-state index contributed by atoms with van der Waals surface area (Å²) in [6.07, 6.45) is 0. The van der Waals surface area contributed by atoms with Crippen LogP contribution in [0.3, 0.4) is 0 Å². The maximum absolute atomic E-state index is 12.1. The maximum atomic E-state index is 12.1. The van der Waals surface area contributed by atoms with Crippen LogP contribution < -0.4 is 11.2 Å². The molecule has 1 aromatic heterocycles. The van der Waals surface area contributed by atoms with Crippen LogP contribution in [0.4, 0.5) is 0 Å². The summed E-state index contributed by atoms with van der Waals surface area (Å²) in [6.45, 7) is 1.50. The van der Waals surface area contributed by atoms with E-state index in [2.05, 4.69) is 4.98 Å². The van der Waals surface area contributed by atoms with Crippen molar-refractivity contribution in [3.05, 3.63) is 59.8 Å². The third-order valence-electron chi connectivity index (χ3n) is 2.43. The lowest BCUT2D eigenvalue weighted by Crippen LogP contribution is -2.35. The van der Waals surface area contributed by atoms with E-state index in [1.165, 1.54) is 6.92 Å². The summed E-state index contributed by atoms with van der Waals surface area (Å²) in [5, 5.41) is 0.415. The fraction of sp³-hybridized carbons (Fsp3) is 0.0909. The van der Waals surface area contributed by atoms with Gasteiger partial charge in [0.15, 0.2) is 0 Å². The Labute approximate surface area is 117 Å². The van der Waals surface area contributed by atoms with Crippen molar-refractivity contribution in [2.24, 2.45) is 0 Å². The van der Waals surface area contributed by atoms with Crippen molar-refractivity contribution in [2.45, 2.75) is 6.92 Å². The Hall–Kier alpha value is -1.23. The number of aromatic nitrogens is 2. The third-order valence-corrected chi connectivity index (χ3v) is 3.42. The van der Waals surface area contributed by atoms with Crippen LogP contribution in [0.5, 0.6) is 0 Å². The van der Waals surface area contributed by atoms with E-state index in [-0.39, 0.29) is 26.4 Å². The Morgan fingerprint density at radius 2 is 1.67 bits per heavy atom. The van der Waals surface area contributed by atoms with Crippen LogP contribution in [0.25, 0.3) is 5.69 Å². The number of H-pyrrole nitrogens is 1. The van der Waals surface area contributed by atoms with E-state index in [1.807, 2.05) is 0 Å². The van der Waals surface area contributed by atoms with Crippen LogP contribution in [-0.2, 0) is 0 Å². The van der Waals surface area contributed by atoms with Crippen molar-refractivity contribution in [1.82, 2.24) is 9.55 Å². The number of nitrogens with zero attached hydrogens (tertiary/aromatic N) is 1. The molecule has 4 nitrogen and oxygen atoms in total. The number of para-hydroxylation sites is 1. The molecule has 0 amide bonds. The predicted molar refractivity (Wildman–Crippen MR) is 72.4 cm³/mol. The van der Waals surface area contributed by atoms with Gasteiger partial charge in [-0.15, -0.1) is 0 Å². The molecular weight excluding hydrogens is 298 g/mol. The molecular formula is C11H7Cl3N2O2. The van der Waals surface area contributed by atoms with Gasteiger partial charge in [-0.2, -0.15) is 0 Å². The van der Waals surface area contributed by atoms with E-state index in [0.29, 0.717) is 0 Å². The first kappa shape index (κ1) is 13.2. The molecule has 2 aromatic rings. The second-order valence-corrected chi connectivity index (χ2v) is 4.77. The second kappa shape index (κ2) is 4.80. The van der Waals surface area contributed by atoms with Gasteiger partial charge in [-0.25, -0.2) is 9.36 Å². The topological polar surface area (TPSA) is 54.9 Å². The SMILES string of the molecule is Cc1c(Cl)[nH]c(=O)n(-c2c(Cl)cccc2Cl)c1=O. The minimum Gasteiger partial charge on any atom is -0.297 e. The summed E-state index contributed by atoms with van der Waals surface area (Å²) >= 11 is 17.7. The van der Waals surface area contributed by atoms with Gasteiger partial charge in [-0.3, -0.25) is 9.78 Å². The van der Waals surface area contributed by atoms with Crippen LogP contribution in [0.15, 0.2) is 27.8 Å². The smallest absolute Gasteiger partial charge is 0.297 e. The van der Waals surface area contributed by atoms with Crippen LogP contribution in [0.1, 0.15) is 5.56 Å². The van der Waals surface area contributed by atoms with Crippen LogP contribution in [-0.4, -0.2) is 9.55 Å². The lowest BCUT2D eigenvalue weighted by atomic mass is 10.3. The molecule has 2 rings (SSSR count). The average molecular weight is 306 g/mol. The first-order chi connectivity index (χ1) is 8.43. The van der Waals surface area contributed by atoms with E-state index in [9.17, 15) is 9.59 Å². The van der Waals surface area contributed by atoms with Crippen LogP contribution in [0, 0.1) is 6.92 Å². The first-order valence-electron chi connectivity index (χ1n) is 4.89. The zero-order chi connectivity index (χ0) is 13.4. The summed E-state index contributed by atoms with van der Waals surface area (Å²) in [5.74, 6) is 0. The number of hydrogen-bond donors (Lipinski definition) is 1. The quantitative estimate of drug-likeness (QED) is 0.824. The second-order valence-electron chi connectivity index (χ2n) is 3.58. The van der Waals surface area contributed by atoms with Gasteiger partial charge in [0.25, 0.3) is 5.56 Å². The lowest BCUT2D eigenvalue weighted by molar-refractivity contribution is 0.860. The van der Waals surface area contributed by atoms with Gasteiger partial charge in [-0.1, -0.05) is 40.9 Å². The monoisotopic (exact) mass is 304 g/mol. The molecule has 0 spiro atoms. The van der Waals surface area contributed by atoms with Crippen molar-refractivity contribution in [1.29, 1.82) is 0 Å². The molecule has 1 heterocycles. The van der Waals surface area contributed by atoms with Gasteiger partial charge in [0, 0.05) is 0 Å². The minimum atomic E-state index is -0.689. The highest BCUT2D eigenvalue weighted by Crippen LogP contribution is 2.26. The zero-order valence-corrected chi connectivity index (χ0v) is 11.4. The summed E-state index contributed by atoms with van der Waals surface area (Å²) in [6, 6.07) is 4.70. The molecule has 0 aliphatic heterocycles. The molecule has 0 saturated heterocycles. The Kier molecular flexibility index (Phi) is 3.52. The van der Waals surface area contributed by atoms with Crippen LogP contribution >= 0.6 is 34.8 Å². The van der Waals surface area contributed by atoms with E-state index in [1.54, 1.807) is 18.2 Å². The molecule has 0 saturated carbocycles. The molecule has 0 atom stereocenters. The lowest BCUT2D eigenvalue weighted by Gasteiger charge is -2.10. The molecule has 94 valence electrons. The Balaban J connectivity index is 2.94. The van der Waals surface area contributed by atoms with E-state index in [0.717, 1.165) is 4.57 Å². The average Bonchev–Trinajstić information content (AvgIpc) is 2.30. The van der Waals surface area contributed by atoms with Crippen molar-refractivity contribution >= 4 is 34.8 Å². The van der Waals surface area contributed by atoms with Crippen molar-refractivity contribution in [2.75, 3.05) is 0 Å². The highest BCUT2D eigenvalue weighted by molar-refractivity contribution is 6.37. The Morgan fingerprint density at radius 1 is 1.11 bits per heavy atom. The molecule has 18 heavy (non-hydrogen) atoms. The molecule has 1 aromatic carbocycles. The Bertz CT molecular complexity index is 714. The molecule has 0 radical (unpaired) electrons. The summed E-state index contributed by atoms with van der Waals surface area (Å²) < 4.78 is 0.867. The van der Waals surface area contributed by atoms with E-state index < -0.39 is 11.2 Å². The van der Waals surface area contributed by atoms with Gasteiger partial charge in [0.1, 0.15) is 5.15 Å². The molecule has 0 bridgehead atoms. The number of halogens is 3. The molecule has 7 heteroatoms. The highest BCUT2D eigenvalue weighted by Gasteiger charge is 2.15. The molecule has 0 aliphatic carbocycles. The van der Waals surface area contributed by atoms with Gasteiger partial charge in [0.05, 0.1) is 21.3 Å². The summed E-state index contributed by atoms with van der Waals surface area (Å²) in [4.78, 5) is 26.2. The van der Waals surface area contributed by atoms with Crippen molar-refractivity contribution in [3.63, 3.8) is 0 Å². The van der Waals surface area contributed by atoms with E-state index in [4.69, 9.17) is 34.8 Å². The third kappa shape index (κ3) is 2.07. The Morgan fingerprint density at radius 3 is 2.22 bits per heavy atom. The fourth-order valence-electron chi connectivity index (χ4n) is 1.50. The molecule has 0 aliphatic rings. The normalized spacial score (nSPS) is 10.7. The molecule has 0 unspecified atom stereocenters. The highest BCUT2D eigenvalue weighted by atomic mass is 35.5. The molecule has 0 fully saturated rings. The first-order valence-corrected chi connectivity index (χ1v) is 6.02. The number of rotatable bonds is 1. The minimum absolute atomic E-state index is 0.00410. The van der Waals surface area contributed by atoms with Gasteiger partial charge < -0.3 is 0 Å². The number of benzene rings is 1. The van der Waals surface area contributed by atoms with Crippen molar-refractivity contribution < 1.29 is 0 Å². The summed E-state index contributed by atoms with van der Waals surface area (Å²) in [5.41, 5.74) is -0.886. The number of nitrogens with one attached hydrogen (secondary N) is 1. The fourth-order valence-corrected chi connectivity index (χ4v) is 2.23. The van der Waals surface area contributed by atoms with E-state index >= 15 is 0 Å².